The number of aliphatic imine (C=N–C) groups is 1. The molecule has 0 fully saturated rings. The summed E-state index contributed by atoms with van der Waals surface area (Å²) < 4.78 is 17.2. The molecule has 4 rings (SSSR count). The molecule has 3 aromatic carbocycles. The summed E-state index contributed by atoms with van der Waals surface area (Å²) >= 11 is 0. The van der Waals surface area contributed by atoms with Crippen molar-refractivity contribution in [3.8, 4) is 5.75 Å². The molecule has 0 unspecified atom stereocenters. The molecule has 1 heterocycles. The van der Waals surface area contributed by atoms with Crippen LogP contribution in [0.15, 0.2) is 89.0 Å². The van der Waals surface area contributed by atoms with E-state index in [9.17, 15) is 4.79 Å². The molecular formula is C27H27N4O5+. The number of esters is 1. The molecular weight excluding hydrogens is 460 g/mol. The van der Waals surface area contributed by atoms with Crippen LogP contribution in [-0.4, -0.2) is 42.8 Å². The zero-order valence-corrected chi connectivity index (χ0v) is 19.8. The third-order valence-corrected chi connectivity index (χ3v) is 5.89. The monoisotopic (exact) mass is 487 g/mol. The maximum atomic E-state index is 13.4. The maximum Gasteiger partial charge on any atom is 0.338 e. The molecule has 9 nitrogen and oxygen atoms in total. The van der Waals surface area contributed by atoms with Crippen molar-refractivity contribution in [2.75, 3.05) is 20.3 Å². The number of carbonyl (C=O) groups excluding carboxylic acids is 1. The molecule has 0 saturated carbocycles. The molecule has 1 aliphatic heterocycles. The smallest absolute Gasteiger partial charge is 0.338 e. The van der Waals surface area contributed by atoms with E-state index in [4.69, 9.17) is 29.8 Å². The van der Waals surface area contributed by atoms with E-state index in [2.05, 4.69) is 10.0 Å². The summed E-state index contributed by atoms with van der Waals surface area (Å²) in [4.78, 5) is 21.4. The van der Waals surface area contributed by atoms with Crippen LogP contribution >= 0.6 is 0 Å². The number of hydrogen-bond donors (Lipinski definition) is 2. The van der Waals surface area contributed by atoms with Crippen molar-refractivity contribution in [3.63, 3.8) is 0 Å². The Morgan fingerprint density at radius 3 is 2.53 bits per heavy atom. The van der Waals surface area contributed by atoms with Gasteiger partial charge in [0.15, 0.2) is 16.9 Å². The van der Waals surface area contributed by atoms with Gasteiger partial charge in [0.2, 0.25) is 16.3 Å². The van der Waals surface area contributed by atoms with Crippen LogP contribution in [0, 0.1) is 5.53 Å². The van der Waals surface area contributed by atoms with E-state index < -0.39 is 17.6 Å². The number of benzene rings is 3. The standard InChI is InChI=1S/C27H27N4O5/c1-34-26(33)27(18-21-10-5-6-11-23(21)30-31-28)24(19-8-3-2-4-9-19)36-25(29-27)20-12-14-22(15-13-20)35-17-7-16-32/h2-6,8-15,24,28,32H,7,16-18H2,1H3/q+1/t24-,27-/m1/s1. The number of nitrogens with one attached hydrogen (secondary N) is 1. The van der Waals surface area contributed by atoms with Crippen molar-refractivity contribution >= 4 is 17.6 Å². The van der Waals surface area contributed by atoms with E-state index in [-0.39, 0.29) is 13.0 Å². The van der Waals surface area contributed by atoms with Crippen LogP contribution in [0.2, 0.25) is 0 Å². The number of carbonyl (C=O) groups is 1. The molecule has 184 valence electrons. The van der Waals surface area contributed by atoms with E-state index >= 15 is 0 Å². The Hall–Kier alpha value is -4.33. The summed E-state index contributed by atoms with van der Waals surface area (Å²) in [6.45, 7) is 0.468. The second kappa shape index (κ2) is 11.4. The van der Waals surface area contributed by atoms with Gasteiger partial charge in [-0.05, 0) is 41.5 Å². The lowest BCUT2D eigenvalue weighted by molar-refractivity contribution is -0.149. The van der Waals surface area contributed by atoms with Crippen molar-refractivity contribution in [2.24, 2.45) is 10.1 Å². The van der Waals surface area contributed by atoms with Crippen LogP contribution in [0.5, 0.6) is 5.75 Å². The first-order valence-corrected chi connectivity index (χ1v) is 11.5. The van der Waals surface area contributed by atoms with Crippen LogP contribution in [0.3, 0.4) is 0 Å². The Morgan fingerprint density at radius 2 is 1.83 bits per heavy atom. The third-order valence-electron chi connectivity index (χ3n) is 5.89. The lowest BCUT2D eigenvalue weighted by Crippen LogP contribution is -2.44. The third kappa shape index (κ3) is 5.17. The molecule has 0 aliphatic carbocycles. The van der Waals surface area contributed by atoms with Gasteiger partial charge >= 0.3 is 5.97 Å². The molecule has 0 saturated heterocycles. The highest BCUT2D eigenvalue weighted by Crippen LogP contribution is 2.44. The van der Waals surface area contributed by atoms with Crippen molar-refractivity contribution in [1.29, 1.82) is 5.53 Å². The first kappa shape index (κ1) is 24.8. The van der Waals surface area contributed by atoms with Gasteiger partial charge in [-0.1, -0.05) is 48.5 Å². The van der Waals surface area contributed by atoms with Gasteiger partial charge in [0.05, 0.1) is 13.7 Å². The molecule has 1 aliphatic rings. The lowest BCUT2D eigenvalue weighted by Gasteiger charge is -2.29. The normalized spacial score (nSPS) is 18.5. The van der Waals surface area contributed by atoms with E-state index in [0.717, 1.165) is 5.56 Å². The molecule has 0 amide bonds. The van der Waals surface area contributed by atoms with Crippen LogP contribution in [-0.2, 0) is 20.7 Å². The van der Waals surface area contributed by atoms with Gasteiger partial charge in [-0.2, -0.15) is 0 Å². The fourth-order valence-corrected chi connectivity index (χ4v) is 4.16. The fraction of sp³-hybridized carbons (Fsp3) is 0.259. The summed E-state index contributed by atoms with van der Waals surface area (Å²) in [7, 11) is 1.33. The van der Waals surface area contributed by atoms with Crippen molar-refractivity contribution in [3.05, 3.63) is 95.6 Å². The highest BCUT2D eigenvalue weighted by molar-refractivity contribution is 6.00. The Morgan fingerprint density at radius 1 is 1.11 bits per heavy atom. The summed E-state index contributed by atoms with van der Waals surface area (Å²) in [6, 6.07) is 23.8. The van der Waals surface area contributed by atoms with E-state index in [1.165, 1.54) is 7.11 Å². The number of aliphatic hydroxyl groups is 1. The second-order valence-electron chi connectivity index (χ2n) is 8.20. The van der Waals surface area contributed by atoms with Crippen LogP contribution in [0.1, 0.15) is 29.2 Å². The maximum absolute atomic E-state index is 13.4. The quantitative estimate of drug-likeness (QED) is 0.191. The highest BCUT2D eigenvalue weighted by Gasteiger charge is 2.54. The predicted octanol–water partition coefficient (Wildman–Crippen LogP) is 4.30. The second-order valence-corrected chi connectivity index (χ2v) is 8.20. The molecule has 0 spiro atoms. The topological polar surface area (TPSA) is 128 Å². The minimum absolute atomic E-state index is 0.0610. The largest absolute Gasteiger partial charge is 0.494 e. The number of nitrogens with zero attached hydrogens (tertiary/aromatic N) is 3. The number of ether oxygens (including phenoxy) is 3. The van der Waals surface area contributed by atoms with E-state index in [1.54, 1.807) is 24.3 Å². The lowest BCUT2D eigenvalue weighted by atomic mass is 9.82. The summed E-state index contributed by atoms with van der Waals surface area (Å²) in [6.07, 6.45) is -0.0953. The van der Waals surface area contributed by atoms with Gasteiger partial charge in [0.25, 0.3) is 0 Å². The van der Waals surface area contributed by atoms with Crippen LogP contribution in [0.4, 0.5) is 5.69 Å². The fourth-order valence-electron chi connectivity index (χ4n) is 4.16. The average molecular weight is 488 g/mol. The minimum Gasteiger partial charge on any atom is -0.494 e. The van der Waals surface area contributed by atoms with Crippen LogP contribution < -0.4 is 9.65 Å². The van der Waals surface area contributed by atoms with Gasteiger partial charge in [0, 0.05) is 25.0 Å². The SMILES string of the molecule is COC(=O)[C@]1(Cc2ccccc2N=[N+]=N)N=C(c2ccc(OCCCO)cc2)O[C@@H]1c1ccccc1. The van der Waals surface area contributed by atoms with Gasteiger partial charge in [-0.25, -0.2) is 9.79 Å². The van der Waals surface area contributed by atoms with E-state index in [1.807, 2.05) is 54.6 Å². The summed E-state index contributed by atoms with van der Waals surface area (Å²) in [5, 5.41) is 12.8. The first-order valence-electron chi connectivity index (χ1n) is 11.5. The Labute approximate surface area is 208 Å². The van der Waals surface area contributed by atoms with Gasteiger partial charge in [-0.3, -0.25) is 0 Å². The molecule has 0 aromatic heterocycles. The Bertz CT molecular complexity index is 1270. The molecule has 0 bridgehead atoms. The highest BCUT2D eigenvalue weighted by atomic mass is 16.5. The van der Waals surface area contributed by atoms with E-state index in [0.29, 0.717) is 41.5 Å². The van der Waals surface area contributed by atoms with Crippen molar-refractivity contribution in [1.82, 2.24) is 4.91 Å². The molecule has 36 heavy (non-hydrogen) atoms. The molecule has 2 N–H and O–H groups in total. The Kier molecular flexibility index (Phi) is 7.85. The van der Waals surface area contributed by atoms with Crippen molar-refractivity contribution < 1.29 is 24.1 Å². The predicted molar refractivity (Wildman–Crippen MR) is 132 cm³/mol. The van der Waals surface area contributed by atoms with Gasteiger partial charge < -0.3 is 19.3 Å². The number of aliphatic hydroxyl groups excluding tert-OH is 1. The molecule has 3 aromatic rings. The molecule has 9 heteroatoms. The zero-order valence-electron chi connectivity index (χ0n) is 19.8. The average Bonchev–Trinajstić information content (AvgIpc) is 3.31. The molecule has 0 radical (unpaired) electrons. The molecule has 2 atom stereocenters. The summed E-state index contributed by atoms with van der Waals surface area (Å²) in [5.41, 5.74) is 8.33. The van der Waals surface area contributed by atoms with Crippen molar-refractivity contribution in [2.45, 2.75) is 24.5 Å². The zero-order chi connectivity index (χ0) is 25.4. The number of methoxy groups -OCH3 is 1. The summed E-state index contributed by atoms with van der Waals surface area (Å²) in [5.74, 6) is 0.406. The van der Waals surface area contributed by atoms with Crippen LogP contribution in [0.25, 0.3) is 0 Å². The minimum atomic E-state index is -1.44. The number of hydrogen-bond acceptors (Lipinski definition) is 8. The Balaban J connectivity index is 1.78. The van der Waals surface area contributed by atoms with Gasteiger partial charge in [-0.15, -0.1) is 0 Å². The van der Waals surface area contributed by atoms with Gasteiger partial charge in [0.1, 0.15) is 11.3 Å². The number of rotatable bonds is 10. The first-order chi connectivity index (χ1) is 17.6.